The third-order valence-electron chi connectivity index (χ3n) is 5.52. The van der Waals surface area contributed by atoms with Crippen LogP contribution in [0.25, 0.3) is 0 Å². The Morgan fingerprint density at radius 2 is 1.21 bits per heavy atom. The van der Waals surface area contributed by atoms with E-state index in [1.54, 1.807) is 12.1 Å². The van der Waals surface area contributed by atoms with Crippen molar-refractivity contribution >= 4 is 5.97 Å². The monoisotopic (exact) mass is 404 g/mol. The molecule has 1 aromatic carbocycles. The molecule has 0 saturated heterocycles. The lowest BCUT2D eigenvalue weighted by Crippen LogP contribution is -2.02. The van der Waals surface area contributed by atoms with Crippen LogP contribution in [0.2, 0.25) is 0 Å². The molecule has 0 N–H and O–H groups in total. The Labute approximate surface area is 179 Å². The van der Waals surface area contributed by atoms with Gasteiger partial charge in [-0.25, -0.2) is 4.79 Å². The van der Waals surface area contributed by atoms with E-state index in [2.05, 4.69) is 6.92 Å². The highest BCUT2D eigenvalue weighted by molar-refractivity contribution is 5.89. The lowest BCUT2D eigenvalue weighted by atomic mass is 10.0. The van der Waals surface area contributed by atoms with Gasteiger partial charge in [-0.15, -0.1) is 0 Å². The number of carbonyl (C=O) groups excluding carboxylic acids is 1. The van der Waals surface area contributed by atoms with Gasteiger partial charge in [0.15, 0.2) is 0 Å². The van der Waals surface area contributed by atoms with E-state index in [1.165, 1.54) is 103 Å². The van der Waals surface area contributed by atoms with Gasteiger partial charge < -0.3 is 9.47 Å². The summed E-state index contributed by atoms with van der Waals surface area (Å²) in [6.45, 7) is 2.99. The number of unbranched alkanes of at least 4 members (excludes halogenated alkanes) is 15. The molecule has 3 heteroatoms. The molecule has 0 unspecified atom stereocenters. The average Bonchev–Trinajstić information content (AvgIpc) is 2.75. The molecule has 0 aromatic heterocycles. The highest BCUT2D eigenvalue weighted by Crippen LogP contribution is 2.16. The zero-order chi connectivity index (χ0) is 21.0. The maximum absolute atomic E-state index is 11.5. The van der Waals surface area contributed by atoms with Gasteiger partial charge in [-0.2, -0.15) is 0 Å². The van der Waals surface area contributed by atoms with Gasteiger partial charge in [0.1, 0.15) is 5.75 Å². The molecule has 0 aliphatic heterocycles. The van der Waals surface area contributed by atoms with E-state index >= 15 is 0 Å². The lowest BCUT2D eigenvalue weighted by Gasteiger charge is -2.07. The van der Waals surface area contributed by atoms with Crippen LogP contribution in [0.5, 0.6) is 5.75 Å². The number of hydrogen-bond donors (Lipinski definition) is 0. The molecule has 0 saturated carbocycles. The van der Waals surface area contributed by atoms with Crippen molar-refractivity contribution < 1.29 is 14.3 Å². The minimum atomic E-state index is -0.321. The van der Waals surface area contributed by atoms with Crippen LogP contribution in [0.4, 0.5) is 0 Å². The molecule has 0 heterocycles. The molecular formula is C26H44O3. The highest BCUT2D eigenvalue weighted by atomic mass is 16.5. The topological polar surface area (TPSA) is 35.5 Å². The molecule has 1 aromatic rings. The summed E-state index contributed by atoms with van der Waals surface area (Å²) < 4.78 is 10.5. The quantitative estimate of drug-likeness (QED) is 0.172. The van der Waals surface area contributed by atoms with Crippen LogP contribution in [0.3, 0.4) is 0 Å². The number of ether oxygens (including phenoxy) is 2. The minimum absolute atomic E-state index is 0.321. The van der Waals surface area contributed by atoms with E-state index in [9.17, 15) is 4.79 Å². The van der Waals surface area contributed by atoms with Crippen LogP contribution in [0, 0.1) is 0 Å². The number of carbonyl (C=O) groups is 1. The number of hydrogen-bond acceptors (Lipinski definition) is 3. The second-order valence-corrected chi connectivity index (χ2v) is 8.17. The molecule has 0 fully saturated rings. The van der Waals surface area contributed by atoms with Gasteiger partial charge in [0.2, 0.25) is 0 Å². The average molecular weight is 405 g/mol. The first kappa shape index (κ1) is 25.5. The fraction of sp³-hybridized carbons (Fsp3) is 0.731. The maximum Gasteiger partial charge on any atom is 0.337 e. The summed E-state index contributed by atoms with van der Waals surface area (Å²) in [4.78, 5) is 11.5. The third kappa shape index (κ3) is 14.2. The first-order valence-electron chi connectivity index (χ1n) is 12.1. The largest absolute Gasteiger partial charge is 0.494 e. The van der Waals surface area contributed by atoms with Gasteiger partial charge in [-0.05, 0) is 24.6 Å². The van der Waals surface area contributed by atoms with Crippen molar-refractivity contribution in [1.29, 1.82) is 0 Å². The summed E-state index contributed by atoms with van der Waals surface area (Å²) in [6.07, 6.45) is 21.9. The van der Waals surface area contributed by atoms with Crippen LogP contribution in [-0.4, -0.2) is 19.7 Å². The normalized spacial score (nSPS) is 10.8. The molecule has 3 nitrogen and oxygen atoms in total. The smallest absolute Gasteiger partial charge is 0.337 e. The summed E-state index contributed by atoms with van der Waals surface area (Å²) in [6, 6.07) is 7.21. The van der Waals surface area contributed by atoms with E-state index in [-0.39, 0.29) is 5.97 Å². The maximum atomic E-state index is 11.5. The third-order valence-corrected chi connectivity index (χ3v) is 5.52. The Kier molecular flexibility index (Phi) is 16.3. The van der Waals surface area contributed by atoms with Gasteiger partial charge in [-0.1, -0.05) is 109 Å². The van der Waals surface area contributed by atoms with Gasteiger partial charge in [-0.3, -0.25) is 0 Å². The predicted octanol–water partition coefficient (Wildman–Crippen LogP) is 8.11. The zero-order valence-corrected chi connectivity index (χ0v) is 19.1. The second kappa shape index (κ2) is 18.5. The Hall–Kier alpha value is -1.51. The van der Waals surface area contributed by atoms with Gasteiger partial charge in [0.25, 0.3) is 0 Å². The molecule has 0 spiro atoms. The molecule has 0 aliphatic rings. The number of rotatable bonds is 19. The van der Waals surface area contributed by atoms with Crippen LogP contribution in [0.15, 0.2) is 24.3 Å². The summed E-state index contributed by atoms with van der Waals surface area (Å²) >= 11 is 0. The first-order chi connectivity index (χ1) is 14.3. The lowest BCUT2D eigenvalue weighted by molar-refractivity contribution is 0.0600. The molecule has 1 rings (SSSR count). The molecule has 0 bridgehead atoms. The molecule has 0 atom stereocenters. The van der Waals surface area contributed by atoms with E-state index in [4.69, 9.17) is 9.47 Å². The summed E-state index contributed by atoms with van der Waals surface area (Å²) in [5, 5.41) is 0. The van der Waals surface area contributed by atoms with Gasteiger partial charge in [0, 0.05) is 0 Å². The van der Waals surface area contributed by atoms with Crippen molar-refractivity contribution in [3.05, 3.63) is 29.8 Å². The molecule has 0 radical (unpaired) electrons. The Morgan fingerprint density at radius 3 is 1.69 bits per heavy atom. The zero-order valence-electron chi connectivity index (χ0n) is 19.1. The van der Waals surface area contributed by atoms with Gasteiger partial charge in [0.05, 0.1) is 19.3 Å². The number of esters is 1. The van der Waals surface area contributed by atoms with Crippen molar-refractivity contribution in [3.8, 4) is 5.75 Å². The minimum Gasteiger partial charge on any atom is -0.494 e. The molecule has 0 amide bonds. The summed E-state index contributed by atoms with van der Waals surface area (Å²) in [5.74, 6) is 0.423. The SMILES string of the molecule is CCCCCCCCCCCCCCCCCCOc1cccc(C(=O)OC)c1. The number of benzene rings is 1. The van der Waals surface area contributed by atoms with Crippen molar-refractivity contribution in [2.24, 2.45) is 0 Å². The molecular weight excluding hydrogens is 360 g/mol. The highest BCUT2D eigenvalue weighted by Gasteiger charge is 2.05. The molecule has 0 aliphatic carbocycles. The Morgan fingerprint density at radius 1 is 0.724 bits per heavy atom. The van der Waals surface area contributed by atoms with Crippen LogP contribution < -0.4 is 4.74 Å². The predicted molar refractivity (Wildman–Crippen MR) is 123 cm³/mol. The first-order valence-corrected chi connectivity index (χ1v) is 12.1. The van der Waals surface area contributed by atoms with E-state index in [1.807, 2.05) is 12.1 Å². The fourth-order valence-corrected chi connectivity index (χ4v) is 3.67. The van der Waals surface area contributed by atoms with Crippen LogP contribution in [0.1, 0.15) is 120 Å². The standard InChI is InChI=1S/C26H44O3/c1-3-4-5-6-7-8-9-10-11-12-13-14-15-16-17-18-22-29-25-21-19-20-24(23-25)26(27)28-2/h19-21,23H,3-18,22H2,1-2H3. The van der Waals surface area contributed by atoms with E-state index in [0.717, 1.165) is 12.2 Å². The molecule has 166 valence electrons. The number of methoxy groups -OCH3 is 1. The Balaban J connectivity index is 1.84. The second-order valence-electron chi connectivity index (χ2n) is 8.17. The Bertz CT molecular complexity index is 512. The van der Waals surface area contributed by atoms with Gasteiger partial charge >= 0.3 is 5.97 Å². The van der Waals surface area contributed by atoms with Crippen molar-refractivity contribution in [1.82, 2.24) is 0 Å². The van der Waals surface area contributed by atoms with Crippen LogP contribution in [-0.2, 0) is 4.74 Å². The summed E-state index contributed by atoms with van der Waals surface area (Å²) in [5.41, 5.74) is 0.539. The summed E-state index contributed by atoms with van der Waals surface area (Å²) in [7, 11) is 1.40. The van der Waals surface area contributed by atoms with Crippen molar-refractivity contribution in [3.63, 3.8) is 0 Å². The van der Waals surface area contributed by atoms with Crippen molar-refractivity contribution in [2.45, 2.75) is 110 Å². The van der Waals surface area contributed by atoms with E-state index in [0.29, 0.717) is 12.2 Å². The van der Waals surface area contributed by atoms with Crippen LogP contribution >= 0.6 is 0 Å². The molecule has 29 heavy (non-hydrogen) atoms. The van der Waals surface area contributed by atoms with E-state index < -0.39 is 0 Å². The van der Waals surface area contributed by atoms with Crippen molar-refractivity contribution in [2.75, 3.05) is 13.7 Å². The fourth-order valence-electron chi connectivity index (χ4n) is 3.67.